The smallest absolute Gasteiger partial charge is 0.282 e. The fraction of sp³-hybridized carbons (Fsp3) is 0.261. The third-order valence-corrected chi connectivity index (χ3v) is 4.48. The Morgan fingerprint density at radius 2 is 1.57 bits per heavy atom. The van der Waals surface area contributed by atoms with Crippen molar-refractivity contribution in [2.45, 2.75) is 13.8 Å². The molecule has 0 heterocycles. The standard InChI is InChI=1S/C23H28N4O3/c1-4-15-27(21-9-7-6-8-10-21)23(30)17-26(5-2)16-22(29)25-20-13-11-19(12-14-20)24-18(3)28/h4,6-14H,1,5,15-17H2,2-3H3,(H,24,28)(H,25,29)/p+1. The van der Waals surface area contributed by atoms with Crippen LogP contribution in [0.4, 0.5) is 17.1 Å². The molecule has 0 aliphatic heterocycles. The lowest BCUT2D eigenvalue weighted by atomic mass is 10.2. The molecule has 2 aromatic carbocycles. The molecule has 0 saturated heterocycles. The van der Waals surface area contributed by atoms with E-state index in [0.717, 1.165) is 10.6 Å². The number of amides is 3. The highest BCUT2D eigenvalue weighted by Crippen LogP contribution is 2.14. The van der Waals surface area contributed by atoms with Crippen LogP contribution in [0.5, 0.6) is 0 Å². The third-order valence-electron chi connectivity index (χ3n) is 4.48. The molecule has 0 radical (unpaired) electrons. The van der Waals surface area contributed by atoms with E-state index in [2.05, 4.69) is 17.2 Å². The van der Waals surface area contributed by atoms with Gasteiger partial charge in [0.05, 0.1) is 6.54 Å². The molecule has 3 amide bonds. The predicted octanol–water partition coefficient (Wildman–Crippen LogP) is 1.71. The van der Waals surface area contributed by atoms with Gasteiger partial charge >= 0.3 is 0 Å². The van der Waals surface area contributed by atoms with Crippen LogP contribution in [0.1, 0.15) is 13.8 Å². The van der Waals surface area contributed by atoms with Gasteiger partial charge in [-0.3, -0.25) is 14.4 Å². The average Bonchev–Trinajstić information content (AvgIpc) is 2.73. The van der Waals surface area contributed by atoms with Gasteiger partial charge in [0, 0.05) is 30.5 Å². The first-order valence-corrected chi connectivity index (χ1v) is 9.90. The van der Waals surface area contributed by atoms with Crippen molar-refractivity contribution in [3.63, 3.8) is 0 Å². The first-order valence-electron chi connectivity index (χ1n) is 9.90. The number of nitrogens with one attached hydrogen (secondary N) is 3. The highest BCUT2D eigenvalue weighted by atomic mass is 16.2. The Morgan fingerprint density at radius 1 is 0.967 bits per heavy atom. The van der Waals surface area contributed by atoms with Gasteiger partial charge in [-0.2, -0.15) is 0 Å². The summed E-state index contributed by atoms with van der Waals surface area (Å²) in [6, 6.07) is 16.3. The molecule has 7 heteroatoms. The SMILES string of the molecule is C=CCN(C(=O)C[NH+](CC)CC(=O)Nc1ccc(NC(C)=O)cc1)c1ccccc1. The molecular weight excluding hydrogens is 380 g/mol. The summed E-state index contributed by atoms with van der Waals surface area (Å²) in [5.74, 6) is -0.396. The van der Waals surface area contributed by atoms with E-state index in [9.17, 15) is 14.4 Å². The Bertz CT molecular complexity index is 866. The van der Waals surface area contributed by atoms with Crippen LogP contribution in [0.15, 0.2) is 67.3 Å². The first kappa shape index (κ1) is 22.8. The van der Waals surface area contributed by atoms with Crippen molar-refractivity contribution < 1.29 is 19.3 Å². The van der Waals surface area contributed by atoms with E-state index in [1.807, 2.05) is 37.3 Å². The molecular formula is C23H29N4O3+. The van der Waals surface area contributed by atoms with Crippen LogP contribution in [0.3, 0.4) is 0 Å². The van der Waals surface area contributed by atoms with Gasteiger partial charge in [-0.05, 0) is 43.3 Å². The van der Waals surface area contributed by atoms with E-state index in [1.165, 1.54) is 6.92 Å². The van der Waals surface area contributed by atoms with Gasteiger partial charge in [-0.1, -0.05) is 24.3 Å². The highest BCUT2D eigenvalue weighted by Gasteiger charge is 2.22. The van der Waals surface area contributed by atoms with Gasteiger partial charge in [0.1, 0.15) is 0 Å². The van der Waals surface area contributed by atoms with Crippen molar-refractivity contribution in [1.82, 2.24) is 0 Å². The number of hydrogen-bond donors (Lipinski definition) is 3. The van der Waals surface area contributed by atoms with E-state index in [0.29, 0.717) is 24.5 Å². The fourth-order valence-electron chi connectivity index (χ4n) is 2.98. The molecule has 0 aliphatic carbocycles. The lowest BCUT2D eigenvalue weighted by molar-refractivity contribution is -0.881. The number of hydrogen-bond acceptors (Lipinski definition) is 3. The topological polar surface area (TPSA) is 83.0 Å². The molecule has 30 heavy (non-hydrogen) atoms. The minimum absolute atomic E-state index is 0.0644. The van der Waals surface area contributed by atoms with Gasteiger partial charge in [0.25, 0.3) is 11.8 Å². The maximum atomic E-state index is 12.9. The van der Waals surface area contributed by atoms with E-state index in [-0.39, 0.29) is 30.8 Å². The minimum Gasteiger partial charge on any atom is -0.326 e. The molecule has 3 N–H and O–H groups in total. The van der Waals surface area contributed by atoms with Crippen LogP contribution in [0.2, 0.25) is 0 Å². The summed E-state index contributed by atoms with van der Waals surface area (Å²) in [5.41, 5.74) is 2.10. The van der Waals surface area contributed by atoms with Crippen molar-refractivity contribution in [3.8, 4) is 0 Å². The van der Waals surface area contributed by atoms with Crippen molar-refractivity contribution in [3.05, 3.63) is 67.3 Å². The fourth-order valence-corrected chi connectivity index (χ4v) is 2.98. The summed E-state index contributed by atoms with van der Waals surface area (Å²) in [7, 11) is 0. The second kappa shape index (κ2) is 11.5. The Balaban J connectivity index is 1.95. The summed E-state index contributed by atoms with van der Waals surface area (Å²) in [4.78, 5) is 38.9. The number of quaternary nitrogens is 1. The van der Waals surface area contributed by atoms with Crippen LogP contribution < -0.4 is 20.4 Å². The Hall–Kier alpha value is -3.45. The van der Waals surface area contributed by atoms with Crippen molar-refractivity contribution >= 4 is 34.8 Å². The van der Waals surface area contributed by atoms with Crippen LogP contribution in [-0.4, -0.2) is 43.9 Å². The monoisotopic (exact) mass is 409 g/mol. The van der Waals surface area contributed by atoms with Crippen molar-refractivity contribution in [2.75, 3.05) is 41.7 Å². The van der Waals surface area contributed by atoms with Gasteiger partial charge in [0.15, 0.2) is 13.1 Å². The number of anilines is 3. The number of benzene rings is 2. The second-order valence-corrected chi connectivity index (χ2v) is 6.89. The zero-order valence-electron chi connectivity index (χ0n) is 17.5. The minimum atomic E-state index is -0.179. The molecule has 1 atom stereocenters. The number of para-hydroxylation sites is 1. The maximum Gasteiger partial charge on any atom is 0.282 e. The number of carbonyl (C=O) groups excluding carboxylic acids is 3. The normalized spacial score (nSPS) is 11.3. The maximum absolute atomic E-state index is 12.9. The Labute approximate surface area is 177 Å². The summed E-state index contributed by atoms with van der Waals surface area (Å²) >= 11 is 0. The molecule has 158 valence electrons. The van der Waals surface area contributed by atoms with Gasteiger partial charge in [0.2, 0.25) is 5.91 Å². The second-order valence-electron chi connectivity index (χ2n) is 6.89. The highest BCUT2D eigenvalue weighted by molar-refractivity contribution is 5.95. The Kier molecular flexibility index (Phi) is 8.77. The number of likely N-dealkylation sites (N-methyl/N-ethyl adjacent to an activating group) is 1. The summed E-state index contributed by atoms with van der Waals surface area (Å²) in [6.07, 6.45) is 1.69. The molecule has 0 bridgehead atoms. The number of carbonyl (C=O) groups is 3. The molecule has 0 saturated carbocycles. The molecule has 0 aromatic heterocycles. The molecule has 1 unspecified atom stereocenters. The predicted molar refractivity (Wildman–Crippen MR) is 120 cm³/mol. The van der Waals surface area contributed by atoms with Crippen LogP contribution in [0.25, 0.3) is 0 Å². The van der Waals surface area contributed by atoms with Crippen LogP contribution in [0, 0.1) is 0 Å². The summed E-state index contributed by atoms with van der Waals surface area (Å²) in [6.45, 7) is 8.54. The summed E-state index contributed by atoms with van der Waals surface area (Å²) in [5, 5.41) is 5.51. The molecule has 7 nitrogen and oxygen atoms in total. The lowest BCUT2D eigenvalue weighted by Crippen LogP contribution is -3.14. The van der Waals surface area contributed by atoms with E-state index in [4.69, 9.17) is 0 Å². The Morgan fingerprint density at radius 3 is 2.10 bits per heavy atom. The third kappa shape index (κ3) is 7.18. The quantitative estimate of drug-likeness (QED) is 0.523. The largest absolute Gasteiger partial charge is 0.326 e. The first-order chi connectivity index (χ1) is 14.4. The zero-order valence-corrected chi connectivity index (χ0v) is 17.5. The summed E-state index contributed by atoms with van der Waals surface area (Å²) < 4.78 is 0. The number of rotatable bonds is 10. The van der Waals surface area contributed by atoms with Crippen LogP contribution in [-0.2, 0) is 14.4 Å². The van der Waals surface area contributed by atoms with E-state index < -0.39 is 0 Å². The molecule has 0 spiro atoms. The molecule has 2 rings (SSSR count). The zero-order chi connectivity index (χ0) is 21.9. The lowest BCUT2D eigenvalue weighted by Gasteiger charge is -2.24. The number of nitrogens with zero attached hydrogens (tertiary/aromatic N) is 1. The molecule has 0 aliphatic rings. The van der Waals surface area contributed by atoms with Gasteiger partial charge < -0.3 is 20.4 Å². The average molecular weight is 410 g/mol. The van der Waals surface area contributed by atoms with Gasteiger partial charge in [-0.25, -0.2) is 0 Å². The van der Waals surface area contributed by atoms with Crippen molar-refractivity contribution in [1.29, 1.82) is 0 Å². The van der Waals surface area contributed by atoms with Crippen LogP contribution >= 0.6 is 0 Å². The molecule has 2 aromatic rings. The van der Waals surface area contributed by atoms with E-state index in [1.54, 1.807) is 35.2 Å². The molecule has 0 fully saturated rings. The van der Waals surface area contributed by atoms with Gasteiger partial charge in [-0.15, -0.1) is 6.58 Å². The van der Waals surface area contributed by atoms with E-state index >= 15 is 0 Å². The van der Waals surface area contributed by atoms with Crippen molar-refractivity contribution in [2.24, 2.45) is 0 Å².